The largest absolute Gasteiger partial charge is 0.480 e. The standard InChI is InChI=1S/C17H27NO3/c1-16(2,3)13(14(19)20)18-15(21)17-7-10-4-11(8-17)6-12(5-10)9-17/h10-13H,4-9H2,1-3H3,(H,18,21)(H,19,20)/t10?,11?,12?,13-,17?/m0/s1. The first-order chi connectivity index (χ1) is 9.69. The maximum Gasteiger partial charge on any atom is 0.326 e. The van der Waals surface area contributed by atoms with Gasteiger partial charge >= 0.3 is 5.97 Å². The maximum absolute atomic E-state index is 12.9. The molecule has 0 saturated heterocycles. The summed E-state index contributed by atoms with van der Waals surface area (Å²) in [5, 5.41) is 12.3. The molecular weight excluding hydrogens is 266 g/mol. The van der Waals surface area contributed by atoms with Crippen molar-refractivity contribution in [2.24, 2.45) is 28.6 Å². The van der Waals surface area contributed by atoms with Gasteiger partial charge in [0, 0.05) is 5.41 Å². The van der Waals surface area contributed by atoms with Crippen LogP contribution >= 0.6 is 0 Å². The smallest absolute Gasteiger partial charge is 0.326 e. The Morgan fingerprint density at radius 1 is 1.05 bits per heavy atom. The Kier molecular flexibility index (Phi) is 3.34. The molecule has 4 aliphatic rings. The van der Waals surface area contributed by atoms with Gasteiger partial charge < -0.3 is 10.4 Å². The van der Waals surface area contributed by atoms with Crippen LogP contribution in [0, 0.1) is 28.6 Å². The fraction of sp³-hybridized carbons (Fsp3) is 0.882. The molecule has 0 aliphatic heterocycles. The van der Waals surface area contributed by atoms with Gasteiger partial charge in [0.2, 0.25) is 5.91 Å². The van der Waals surface area contributed by atoms with Crippen LogP contribution in [0.4, 0.5) is 0 Å². The molecule has 1 amide bonds. The van der Waals surface area contributed by atoms with E-state index in [0.717, 1.165) is 19.3 Å². The van der Waals surface area contributed by atoms with Gasteiger partial charge in [0.15, 0.2) is 0 Å². The molecule has 118 valence electrons. The molecule has 0 aromatic heterocycles. The van der Waals surface area contributed by atoms with E-state index in [1.807, 2.05) is 20.8 Å². The predicted octanol–water partition coefficient (Wildman–Crippen LogP) is 2.82. The number of carbonyl (C=O) groups excluding carboxylic acids is 1. The average molecular weight is 293 g/mol. The van der Waals surface area contributed by atoms with Crippen molar-refractivity contribution in [3.8, 4) is 0 Å². The zero-order valence-corrected chi connectivity index (χ0v) is 13.3. The average Bonchev–Trinajstić information content (AvgIpc) is 2.31. The third-order valence-electron chi connectivity index (χ3n) is 5.91. The molecular formula is C17H27NO3. The highest BCUT2D eigenvalue weighted by atomic mass is 16.4. The van der Waals surface area contributed by atoms with Crippen LogP contribution in [0.15, 0.2) is 0 Å². The van der Waals surface area contributed by atoms with Gasteiger partial charge in [0.05, 0.1) is 0 Å². The topological polar surface area (TPSA) is 66.4 Å². The highest BCUT2D eigenvalue weighted by Crippen LogP contribution is 2.60. The van der Waals surface area contributed by atoms with Crippen LogP contribution < -0.4 is 5.32 Å². The van der Waals surface area contributed by atoms with Gasteiger partial charge in [-0.25, -0.2) is 4.79 Å². The lowest BCUT2D eigenvalue weighted by atomic mass is 9.49. The lowest BCUT2D eigenvalue weighted by molar-refractivity contribution is -0.153. The number of carbonyl (C=O) groups is 2. The van der Waals surface area contributed by atoms with Crippen molar-refractivity contribution >= 4 is 11.9 Å². The summed E-state index contributed by atoms with van der Waals surface area (Å²) in [5.74, 6) is 1.16. The fourth-order valence-corrected chi connectivity index (χ4v) is 5.32. The number of carboxylic acid groups (broad SMARTS) is 1. The molecule has 4 bridgehead atoms. The van der Waals surface area contributed by atoms with Crippen molar-refractivity contribution in [2.45, 2.75) is 65.3 Å². The number of hydrogen-bond donors (Lipinski definition) is 2. The van der Waals surface area contributed by atoms with E-state index in [4.69, 9.17) is 0 Å². The molecule has 4 rings (SSSR count). The summed E-state index contributed by atoms with van der Waals surface area (Å²) in [4.78, 5) is 24.4. The van der Waals surface area contributed by atoms with Crippen LogP contribution in [0.3, 0.4) is 0 Å². The minimum atomic E-state index is -0.930. The molecule has 4 aliphatic carbocycles. The van der Waals surface area contributed by atoms with Gasteiger partial charge in [-0.15, -0.1) is 0 Å². The highest BCUT2D eigenvalue weighted by Gasteiger charge is 2.55. The van der Waals surface area contributed by atoms with Crippen LogP contribution in [-0.4, -0.2) is 23.0 Å². The molecule has 0 spiro atoms. The summed E-state index contributed by atoms with van der Waals surface area (Å²) in [5.41, 5.74) is -0.739. The summed E-state index contributed by atoms with van der Waals surface area (Å²) in [6.45, 7) is 5.60. The molecule has 4 saturated carbocycles. The number of rotatable bonds is 3. The summed E-state index contributed by atoms with van der Waals surface area (Å²) in [6, 6.07) is -0.807. The van der Waals surface area contributed by atoms with Crippen molar-refractivity contribution in [3.05, 3.63) is 0 Å². The predicted molar refractivity (Wildman–Crippen MR) is 79.6 cm³/mol. The van der Waals surface area contributed by atoms with E-state index < -0.39 is 17.4 Å². The number of hydrogen-bond acceptors (Lipinski definition) is 2. The monoisotopic (exact) mass is 293 g/mol. The molecule has 0 aromatic carbocycles. The third-order valence-corrected chi connectivity index (χ3v) is 5.91. The minimum absolute atomic E-state index is 0.00363. The first-order valence-electron chi connectivity index (χ1n) is 8.23. The van der Waals surface area contributed by atoms with Crippen molar-refractivity contribution in [2.75, 3.05) is 0 Å². The number of nitrogens with one attached hydrogen (secondary N) is 1. The van der Waals surface area contributed by atoms with Gasteiger partial charge in [-0.3, -0.25) is 4.79 Å². The van der Waals surface area contributed by atoms with Gasteiger partial charge in [0.1, 0.15) is 6.04 Å². The van der Waals surface area contributed by atoms with Gasteiger partial charge in [-0.1, -0.05) is 20.8 Å². The Hall–Kier alpha value is -1.06. The second-order valence-corrected chi connectivity index (χ2v) is 8.81. The quantitative estimate of drug-likeness (QED) is 0.841. The molecule has 4 nitrogen and oxygen atoms in total. The third kappa shape index (κ3) is 2.58. The van der Waals surface area contributed by atoms with E-state index in [1.165, 1.54) is 19.3 Å². The Bertz CT molecular complexity index is 428. The van der Waals surface area contributed by atoms with Crippen molar-refractivity contribution in [3.63, 3.8) is 0 Å². The molecule has 4 fully saturated rings. The first-order valence-corrected chi connectivity index (χ1v) is 8.23. The maximum atomic E-state index is 12.9. The van der Waals surface area contributed by atoms with Gasteiger partial charge in [-0.2, -0.15) is 0 Å². The first kappa shape index (κ1) is 14.9. The van der Waals surface area contributed by atoms with E-state index in [-0.39, 0.29) is 11.3 Å². The molecule has 21 heavy (non-hydrogen) atoms. The van der Waals surface area contributed by atoms with Crippen LogP contribution in [-0.2, 0) is 9.59 Å². The molecule has 4 heteroatoms. The summed E-state index contributed by atoms with van der Waals surface area (Å²) < 4.78 is 0. The van der Waals surface area contributed by atoms with Crippen molar-refractivity contribution < 1.29 is 14.7 Å². The normalized spacial score (nSPS) is 39.1. The van der Waals surface area contributed by atoms with Crippen LogP contribution in [0.2, 0.25) is 0 Å². The Labute approximate surface area is 126 Å². The summed E-state index contributed by atoms with van der Waals surface area (Å²) in [6.07, 6.45) is 6.78. The van der Waals surface area contributed by atoms with E-state index >= 15 is 0 Å². The molecule has 2 N–H and O–H groups in total. The van der Waals surface area contributed by atoms with E-state index in [0.29, 0.717) is 17.8 Å². The zero-order chi connectivity index (χ0) is 15.4. The Morgan fingerprint density at radius 3 is 1.81 bits per heavy atom. The van der Waals surface area contributed by atoms with E-state index in [2.05, 4.69) is 5.32 Å². The molecule has 0 unspecified atom stereocenters. The lowest BCUT2D eigenvalue weighted by Crippen LogP contribution is -2.58. The number of aliphatic carboxylic acids is 1. The fourth-order valence-electron chi connectivity index (χ4n) is 5.32. The van der Waals surface area contributed by atoms with Gasteiger partial charge in [0.25, 0.3) is 0 Å². The SMILES string of the molecule is CC(C)(C)[C@@H](NC(=O)C12CC3CC(CC(C3)C1)C2)C(=O)O. The van der Waals surface area contributed by atoms with Crippen molar-refractivity contribution in [1.29, 1.82) is 0 Å². The second kappa shape index (κ2) is 4.72. The molecule has 1 atom stereocenters. The molecule has 0 radical (unpaired) electrons. The molecule has 0 heterocycles. The Balaban J connectivity index is 1.77. The van der Waals surface area contributed by atoms with Gasteiger partial charge in [-0.05, 0) is 61.7 Å². The van der Waals surface area contributed by atoms with Crippen molar-refractivity contribution in [1.82, 2.24) is 5.32 Å². The van der Waals surface area contributed by atoms with Crippen LogP contribution in [0.5, 0.6) is 0 Å². The van der Waals surface area contributed by atoms with Crippen LogP contribution in [0.1, 0.15) is 59.3 Å². The Morgan fingerprint density at radius 2 is 1.48 bits per heavy atom. The van der Waals surface area contributed by atoms with Crippen LogP contribution in [0.25, 0.3) is 0 Å². The number of amides is 1. The van der Waals surface area contributed by atoms with E-state index in [9.17, 15) is 14.7 Å². The highest BCUT2D eigenvalue weighted by molar-refractivity contribution is 5.88. The minimum Gasteiger partial charge on any atom is -0.480 e. The summed E-state index contributed by atoms with van der Waals surface area (Å²) >= 11 is 0. The molecule has 0 aromatic rings. The second-order valence-electron chi connectivity index (χ2n) is 8.81. The van der Waals surface area contributed by atoms with E-state index in [1.54, 1.807) is 0 Å². The summed E-state index contributed by atoms with van der Waals surface area (Å²) in [7, 11) is 0. The lowest BCUT2D eigenvalue weighted by Gasteiger charge is -2.56. The zero-order valence-electron chi connectivity index (χ0n) is 13.3. The number of carboxylic acids is 1.